The van der Waals surface area contributed by atoms with E-state index in [1.54, 1.807) is 6.92 Å². The van der Waals surface area contributed by atoms with E-state index in [1.807, 2.05) is 13.8 Å². The van der Waals surface area contributed by atoms with E-state index in [-0.39, 0.29) is 56.1 Å². The van der Waals surface area contributed by atoms with Crippen molar-refractivity contribution in [3.63, 3.8) is 0 Å². The maximum atomic E-state index is 13.9. The Morgan fingerprint density at radius 1 is 1.09 bits per heavy atom. The molecule has 0 spiro atoms. The van der Waals surface area contributed by atoms with E-state index in [2.05, 4.69) is 21.1 Å². The first-order valence-corrected chi connectivity index (χ1v) is 15.6. The van der Waals surface area contributed by atoms with E-state index in [9.17, 15) is 33.6 Å². The summed E-state index contributed by atoms with van der Waals surface area (Å²) in [4.78, 5) is 90.7. The van der Waals surface area contributed by atoms with Gasteiger partial charge in [-0.1, -0.05) is 25.1 Å². The van der Waals surface area contributed by atoms with Gasteiger partial charge in [-0.05, 0) is 58.3 Å². The monoisotopic (exact) mass is 662 g/mol. The Hall–Kier alpha value is -4.76. The number of hydrogen-bond acceptors (Lipinski definition) is 11. The molecule has 16 nitrogen and oxygen atoms in total. The van der Waals surface area contributed by atoms with Gasteiger partial charge in [0.2, 0.25) is 23.6 Å². The molecule has 4 atom stereocenters. The lowest BCUT2D eigenvalue weighted by Crippen LogP contribution is -2.57. The van der Waals surface area contributed by atoms with Crippen molar-refractivity contribution < 1.29 is 47.6 Å². The first-order chi connectivity index (χ1) is 22.3. The van der Waals surface area contributed by atoms with E-state index in [1.165, 1.54) is 37.3 Å². The number of aryl methyl sites for hydroxylation is 1. The molecule has 1 aliphatic rings. The van der Waals surface area contributed by atoms with E-state index < -0.39 is 65.6 Å². The van der Waals surface area contributed by atoms with Crippen LogP contribution in [0.2, 0.25) is 0 Å². The summed E-state index contributed by atoms with van der Waals surface area (Å²) in [5.41, 5.74) is 5.45. The Bertz CT molecular complexity index is 1310. The maximum Gasteiger partial charge on any atom is 0.330 e. The molecule has 2 rings (SSSR count). The molecule has 0 aromatic carbocycles. The van der Waals surface area contributed by atoms with E-state index in [0.717, 1.165) is 0 Å². The number of primary amides is 1. The number of carbonyl (C=O) groups is 7. The molecule has 0 unspecified atom stereocenters. The Balaban J connectivity index is 2.27. The second kappa shape index (κ2) is 19.0. The first-order valence-electron chi connectivity index (χ1n) is 15.6. The van der Waals surface area contributed by atoms with Gasteiger partial charge in [0.25, 0.3) is 5.91 Å². The second-order valence-corrected chi connectivity index (χ2v) is 11.5. The fourth-order valence-corrected chi connectivity index (χ4v) is 5.07. The molecule has 0 aliphatic carbocycles. The van der Waals surface area contributed by atoms with E-state index in [0.29, 0.717) is 19.3 Å². The van der Waals surface area contributed by atoms with Crippen molar-refractivity contribution >= 4 is 41.5 Å². The smallest absolute Gasteiger partial charge is 0.330 e. The Morgan fingerprint density at radius 3 is 2.40 bits per heavy atom. The minimum Gasteiger partial charge on any atom is -0.467 e. The van der Waals surface area contributed by atoms with Crippen molar-refractivity contribution in [3.8, 4) is 0 Å². The molecule has 16 heteroatoms. The average molecular weight is 663 g/mol. The lowest BCUT2D eigenvalue weighted by molar-refractivity contribution is -0.147. The SMILES string of the molecule is CCOC(=O)/C=C\CC[C@H](NC(=O)c1cnoc1C)C(=O)N[C@@H](CCC(N)=O)C(=O)N1CCC[C@H]1C(=O)N[C@@H](CC(C)C)C(=O)OC. The third-order valence-electron chi connectivity index (χ3n) is 7.42. The van der Waals surface area contributed by atoms with Gasteiger partial charge in [-0.15, -0.1) is 0 Å². The highest BCUT2D eigenvalue weighted by Gasteiger charge is 2.39. The van der Waals surface area contributed by atoms with Gasteiger partial charge in [0.05, 0.1) is 19.9 Å². The fraction of sp³-hybridized carbons (Fsp3) is 0.613. The zero-order valence-electron chi connectivity index (χ0n) is 27.5. The summed E-state index contributed by atoms with van der Waals surface area (Å²) < 4.78 is 14.6. The Morgan fingerprint density at radius 2 is 1.81 bits per heavy atom. The van der Waals surface area contributed by atoms with Crippen LogP contribution in [-0.4, -0.2) is 96.0 Å². The lowest BCUT2D eigenvalue weighted by atomic mass is 10.0. The normalized spacial score (nSPS) is 16.3. The van der Waals surface area contributed by atoms with Crippen LogP contribution in [-0.2, 0) is 38.2 Å². The van der Waals surface area contributed by atoms with Gasteiger partial charge in [-0.2, -0.15) is 0 Å². The summed E-state index contributed by atoms with van der Waals surface area (Å²) in [6.07, 6.45) is 4.78. The van der Waals surface area contributed by atoms with Gasteiger partial charge in [0, 0.05) is 19.0 Å². The molecule has 0 radical (unpaired) electrons. The zero-order chi connectivity index (χ0) is 35.1. The molecule has 0 saturated carbocycles. The Kier molecular flexibility index (Phi) is 15.6. The molecule has 0 bridgehead atoms. The number of methoxy groups -OCH3 is 1. The maximum absolute atomic E-state index is 13.9. The fourth-order valence-electron chi connectivity index (χ4n) is 5.07. The molecule has 1 fully saturated rings. The van der Waals surface area contributed by atoms with Gasteiger partial charge in [0.15, 0.2) is 0 Å². The zero-order valence-corrected chi connectivity index (χ0v) is 27.5. The number of likely N-dealkylation sites (tertiary alicyclic amines) is 1. The van der Waals surface area contributed by atoms with Gasteiger partial charge < -0.3 is 40.6 Å². The standard InChI is InChI=1S/C31H46N6O10/c1-6-46-26(39)12-8-7-10-21(34-27(40)20-17-33-47-19(20)4)28(41)35-22(13-14-25(32)38)30(43)37-15-9-11-24(37)29(42)36-23(16-18(2)3)31(44)45-5/h8,12,17-18,21-24H,6-7,9-11,13-16H2,1-5H3,(H2,32,38)(H,34,40)(H,35,41)(H,36,42)/b12-8-/t21-,22-,23-,24-/m0/s1. The van der Waals surface area contributed by atoms with Gasteiger partial charge in [0.1, 0.15) is 35.5 Å². The highest BCUT2D eigenvalue weighted by atomic mass is 16.5. The number of hydrogen-bond donors (Lipinski definition) is 4. The van der Waals surface area contributed by atoms with E-state index in [4.69, 9.17) is 19.7 Å². The van der Waals surface area contributed by atoms with Crippen molar-refractivity contribution in [2.24, 2.45) is 11.7 Å². The Labute approximate surface area is 273 Å². The quantitative estimate of drug-likeness (QED) is 0.124. The number of amides is 5. The van der Waals surface area contributed by atoms with Crippen molar-refractivity contribution in [2.75, 3.05) is 20.3 Å². The third-order valence-corrected chi connectivity index (χ3v) is 7.42. The molecule has 1 saturated heterocycles. The second-order valence-electron chi connectivity index (χ2n) is 11.5. The van der Waals surface area contributed by atoms with Crippen LogP contribution < -0.4 is 21.7 Å². The summed E-state index contributed by atoms with van der Waals surface area (Å²) in [7, 11) is 1.22. The predicted molar refractivity (Wildman–Crippen MR) is 166 cm³/mol. The highest BCUT2D eigenvalue weighted by Crippen LogP contribution is 2.21. The number of nitrogens with zero attached hydrogens (tertiary/aromatic N) is 2. The predicted octanol–water partition coefficient (Wildman–Crippen LogP) is 0.426. The number of rotatable bonds is 18. The van der Waals surface area contributed by atoms with Gasteiger partial charge in [-0.25, -0.2) is 9.59 Å². The highest BCUT2D eigenvalue weighted by molar-refractivity contribution is 5.99. The largest absolute Gasteiger partial charge is 0.467 e. The van der Waals surface area contributed by atoms with Gasteiger partial charge in [-0.3, -0.25) is 24.0 Å². The summed E-state index contributed by atoms with van der Waals surface area (Å²) >= 11 is 0. The average Bonchev–Trinajstić information content (AvgIpc) is 3.68. The first kappa shape index (κ1) is 38.4. The summed E-state index contributed by atoms with van der Waals surface area (Å²) in [5.74, 6) is -4.18. The number of aromatic nitrogens is 1. The van der Waals surface area contributed by atoms with Crippen LogP contribution in [0.5, 0.6) is 0 Å². The molecule has 47 heavy (non-hydrogen) atoms. The molecule has 260 valence electrons. The number of nitrogens with two attached hydrogens (primary N) is 1. The van der Waals surface area contributed by atoms with Crippen LogP contribution >= 0.6 is 0 Å². The summed E-state index contributed by atoms with van der Waals surface area (Å²) in [5, 5.41) is 11.5. The molecule has 2 heterocycles. The summed E-state index contributed by atoms with van der Waals surface area (Å²) in [6.45, 7) is 7.34. The molecule has 1 aromatic heterocycles. The lowest BCUT2D eigenvalue weighted by Gasteiger charge is -2.30. The van der Waals surface area contributed by atoms with E-state index >= 15 is 0 Å². The van der Waals surface area contributed by atoms with Crippen molar-refractivity contribution in [3.05, 3.63) is 29.7 Å². The van der Waals surface area contributed by atoms with Crippen LogP contribution in [0.4, 0.5) is 0 Å². The topological polar surface area (TPSA) is 229 Å². The van der Waals surface area contributed by atoms with Crippen molar-refractivity contribution in [1.82, 2.24) is 26.0 Å². The third kappa shape index (κ3) is 12.2. The molecule has 5 N–H and O–H groups in total. The van der Waals surface area contributed by atoms with Crippen LogP contribution in [0.1, 0.15) is 81.8 Å². The van der Waals surface area contributed by atoms with Crippen molar-refractivity contribution in [2.45, 2.75) is 96.8 Å². The minimum absolute atomic E-state index is 0.0219. The van der Waals surface area contributed by atoms with Crippen LogP contribution in [0, 0.1) is 12.8 Å². The van der Waals surface area contributed by atoms with Crippen molar-refractivity contribution in [1.29, 1.82) is 0 Å². The van der Waals surface area contributed by atoms with Crippen LogP contribution in [0.3, 0.4) is 0 Å². The molecule has 5 amide bonds. The number of carbonyl (C=O) groups excluding carboxylic acids is 7. The number of ether oxygens (including phenoxy) is 2. The van der Waals surface area contributed by atoms with Crippen LogP contribution in [0.25, 0.3) is 0 Å². The number of esters is 2. The van der Waals surface area contributed by atoms with Crippen LogP contribution in [0.15, 0.2) is 22.9 Å². The number of allylic oxidation sites excluding steroid dienone is 1. The molecule has 1 aromatic rings. The summed E-state index contributed by atoms with van der Waals surface area (Å²) in [6, 6.07) is -4.31. The molecule has 1 aliphatic heterocycles. The minimum atomic E-state index is -1.28. The molecular formula is C31H46N6O10. The van der Waals surface area contributed by atoms with Gasteiger partial charge >= 0.3 is 11.9 Å². The molecular weight excluding hydrogens is 616 g/mol. The number of nitrogens with one attached hydrogen (secondary N) is 3.